The van der Waals surface area contributed by atoms with E-state index in [1.165, 1.54) is 5.56 Å². The zero-order chi connectivity index (χ0) is 15.0. The Balaban J connectivity index is 2.51. The van der Waals surface area contributed by atoms with E-state index < -0.39 is 5.97 Å². The Labute approximate surface area is 124 Å². The zero-order valence-corrected chi connectivity index (χ0v) is 12.8. The van der Waals surface area contributed by atoms with E-state index >= 15 is 0 Å². The first-order valence-corrected chi connectivity index (χ1v) is 7.84. The van der Waals surface area contributed by atoms with Crippen molar-refractivity contribution in [2.45, 2.75) is 25.5 Å². The van der Waals surface area contributed by atoms with Crippen molar-refractivity contribution in [3.63, 3.8) is 0 Å². The molecule has 0 unspecified atom stereocenters. The van der Waals surface area contributed by atoms with E-state index in [2.05, 4.69) is 6.92 Å². The second-order valence-electron chi connectivity index (χ2n) is 4.56. The van der Waals surface area contributed by atoms with Crippen LogP contribution in [0.15, 0.2) is 24.3 Å². The molecule has 5 heteroatoms. The number of hydrogen-bond acceptors (Lipinski definition) is 3. The smallest absolute Gasteiger partial charge is 0.303 e. The summed E-state index contributed by atoms with van der Waals surface area (Å²) in [4.78, 5) is 24.1. The number of carboxylic acid groups (broad SMARTS) is 1. The molecule has 20 heavy (non-hydrogen) atoms. The molecule has 0 radical (unpaired) electrons. The van der Waals surface area contributed by atoms with Crippen molar-refractivity contribution in [3.05, 3.63) is 35.4 Å². The number of thioether (sulfide) groups is 1. The highest BCUT2D eigenvalue weighted by Gasteiger charge is 2.11. The highest BCUT2D eigenvalue weighted by molar-refractivity contribution is 7.98. The molecule has 110 valence electrons. The predicted octanol–water partition coefficient (Wildman–Crippen LogP) is 2.88. The minimum Gasteiger partial charge on any atom is -0.481 e. The summed E-state index contributed by atoms with van der Waals surface area (Å²) in [7, 11) is 1.70. The maximum Gasteiger partial charge on any atom is 0.303 e. The first-order valence-electron chi connectivity index (χ1n) is 6.68. The van der Waals surface area contributed by atoms with Crippen LogP contribution >= 0.6 is 11.8 Å². The van der Waals surface area contributed by atoms with Crippen molar-refractivity contribution in [1.82, 2.24) is 4.90 Å². The average Bonchev–Trinajstić information content (AvgIpc) is 2.44. The lowest BCUT2D eigenvalue weighted by molar-refractivity contribution is -0.137. The van der Waals surface area contributed by atoms with E-state index in [1.54, 1.807) is 11.9 Å². The average molecular weight is 295 g/mol. The molecule has 0 aliphatic carbocycles. The number of nitrogens with zero attached hydrogens (tertiary/aromatic N) is 1. The van der Waals surface area contributed by atoms with Gasteiger partial charge in [-0.15, -0.1) is 0 Å². The second-order valence-corrected chi connectivity index (χ2v) is 5.83. The molecule has 0 aliphatic heterocycles. The van der Waals surface area contributed by atoms with E-state index in [-0.39, 0.29) is 12.3 Å². The first-order chi connectivity index (χ1) is 9.54. The van der Waals surface area contributed by atoms with Crippen LogP contribution in [-0.4, -0.2) is 41.2 Å². The molecule has 0 saturated heterocycles. The van der Waals surface area contributed by atoms with Crippen LogP contribution in [0.3, 0.4) is 0 Å². The van der Waals surface area contributed by atoms with Gasteiger partial charge in [-0.05, 0) is 29.9 Å². The Kier molecular flexibility index (Phi) is 7.15. The van der Waals surface area contributed by atoms with Crippen molar-refractivity contribution < 1.29 is 14.7 Å². The van der Waals surface area contributed by atoms with Gasteiger partial charge in [0.05, 0.1) is 0 Å². The summed E-state index contributed by atoms with van der Waals surface area (Å²) >= 11 is 1.84. The fourth-order valence-corrected chi connectivity index (χ4v) is 2.39. The lowest BCUT2D eigenvalue weighted by Crippen LogP contribution is -2.28. The summed E-state index contributed by atoms with van der Waals surface area (Å²) in [6.45, 7) is 2.58. The summed E-state index contributed by atoms with van der Waals surface area (Å²) < 4.78 is 0. The van der Waals surface area contributed by atoms with E-state index in [9.17, 15) is 9.59 Å². The molecule has 4 nitrogen and oxygen atoms in total. The zero-order valence-electron chi connectivity index (χ0n) is 12.0. The lowest BCUT2D eigenvalue weighted by Gasteiger charge is -2.16. The Morgan fingerprint density at radius 1 is 1.25 bits per heavy atom. The third-order valence-corrected chi connectivity index (χ3v) is 3.85. The molecule has 1 rings (SSSR count). The largest absolute Gasteiger partial charge is 0.481 e. The number of hydrogen-bond donors (Lipinski definition) is 1. The summed E-state index contributed by atoms with van der Waals surface area (Å²) in [5.41, 5.74) is 1.86. The summed E-state index contributed by atoms with van der Waals surface area (Å²) in [6, 6.07) is 7.62. The van der Waals surface area contributed by atoms with Crippen molar-refractivity contribution in [1.29, 1.82) is 0 Å². The molecule has 0 aliphatic rings. The first kappa shape index (κ1) is 16.6. The van der Waals surface area contributed by atoms with Gasteiger partial charge in [0.2, 0.25) is 0 Å². The molecule has 1 amide bonds. The van der Waals surface area contributed by atoms with E-state index in [0.717, 1.165) is 11.5 Å². The van der Waals surface area contributed by atoms with E-state index in [1.807, 2.05) is 36.0 Å². The molecule has 0 saturated carbocycles. The third kappa shape index (κ3) is 5.65. The second kappa shape index (κ2) is 8.64. The topological polar surface area (TPSA) is 57.6 Å². The standard InChI is InChI=1S/C15H21NO3S/c1-3-20-11-12-6-8-13(9-7-12)15(19)16(2)10-4-5-14(17)18/h6-9H,3-5,10-11H2,1-2H3,(H,17,18). The maximum absolute atomic E-state index is 12.1. The monoisotopic (exact) mass is 295 g/mol. The van der Waals surface area contributed by atoms with Crippen LogP contribution in [-0.2, 0) is 10.5 Å². The van der Waals surface area contributed by atoms with Crippen molar-refractivity contribution in [2.24, 2.45) is 0 Å². The number of carboxylic acids is 1. The van der Waals surface area contributed by atoms with Gasteiger partial charge in [-0.1, -0.05) is 19.1 Å². The van der Waals surface area contributed by atoms with E-state index in [0.29, 0.717) is 18.5 Å². The number of rotatable bonds is 8. The van der Waals surface area contributed by atoms with Crippen molar-refractivity contribution in [3.8, 4) is 0 Å². The minimum absolute atomic E-state index is 0.0647. The summed E-state index contributed by atoms with van der Waals surface area (Å²) in [5, 5.41) is 8.58. The molecule has 1 aromatic carbocycles. The van der Waals surface area contributed by atoms with Crippen LogP contribution in [0.1, 0.15) is 35.7 Å². The fourth-order valence-electron chi connectivity index (χ4n) is 1.75. The highest BCUT2D eigenvalue weighted by Crippen LogP contribution is 2.13. The van der Waals surface area contributed by atoms with Crippen LogP contribution in [0.4, 0.5) is 0 Å². The van der Waals surface area contributed by atoms with Crippen LogP contribution < -0.4 is 0 Å². The van der Waals surface area contributed by atoms with Gasteiger partial charge in [-0.3, -0.25) is 9.59 Å². The molecular formula is C15H21NO3S. The molecule has 0 fully saturated rings. The quantitative estimate of drug-likeness (QED) is 0.801. The number of benzene rings is 1. The summed E-state index contributed by atoms with van der Waals surface area (Å²) in [6.07, 6.45) is 0.563. The van der Waals surface area contributed by atoms with Gasteiger partial charge in [0, 0.05) is 31.3 Å². The molecular weight excluding hydrogens is 274 g/mol. The number of carbonyl (C=O) groups excluding carboxylic acids is 1. The molecule has 1 N–H and O–H groups in total. The van der Waals surface area contributed by atoms with Gasteiger partial charge in [-0.2, -0.15) is 11.8 Å². The van der Waals surface area contributed by atoms with Gasteiger partial charge in [0.15, 0.2) is 0 Å². The number of carbonyl (C=O) groups is 2. The minimum atomic E-state index is -0.830. The van der Waals surface area contributed by atoms with Gasteiger partial charge >= 0.3 is 5.97 Å². The SMILES string of the molecule is CCSCc1ccc(C(=O)N(C)CCCC(=O)O)cc1. The third-order valence-electron chi connectivity index (χ3n) is 2.90. The molecule has 0 atom stereocenters. The Bertz CT molecular complexity index is 445. The Morgan fingerprint density at radius 3 is 2.45 bits per heavy atom. The van der Waals surface area contributed by atoms with Gasteiger partial charge < -0.3 is 10.0 Å². The van der Waals surface area contributed by atoms with Gasteiger partial charge in [-0.25, -0.2) is 0 Å². The number of aliphatic carboxylic acids is 1. The predicted molar refractivity (Wildman–Crippen MR) is 82.1 cm³/mol. The molecule has 0 aromatic heterocycles. The van der Waals surface area contributed by atoms with Crippen LogP contribution in [0.2, 0.25) is 0 Å². The molecule has 0 bridgehead atoms. The molecule has 0 heterocycles. The van der Waals surface area contributed by atoms with Crippen LogP contribution in [0.5, 0.6) is 0 Å². The van der Waals surface area contributed by atoms with Crippen LogP contribution in [0.25, 0.3) is 0 Å². The van der Waals surface area contributed by atoms with Gasteiger partial charge in [0.1, 0.15) is 0 Å². The summed E-state index contributed by atoms with van der Waals surface area (Å²) in [5.74, 6) is 1.14. The lowest BCUT2D eigenvalue weighted by atomic mass is 10.1. The van der Waals surface area contributed by atoms with Gasteiger partial charge in [0.25, 0.3) is 5.91 Å². The maximum atomic E-state index is 12.1. The normalized spacial score (nSPS) is 10.3. The van der Waals surface area contributed by atoms with Crippen molar-refractivity contribution in [2.75, 3.05) is 19.3 Å². The Hall–Kier alpha value is -1.49. The molecule has 0 spiro atoms. The van der Waals surface area contributed by atoms with Crippen molar-refractivity contribution >= 4 is 23.6 Å². The van der Waals surface area contributed by atoms with Crippen LogP contribution in [0, 0.1) is 0 Å². The fraction of sp³-hybridized carbons (Fsp3) is 0.467. The van der Waals surface area contributed by atoms with E-state index in [4.69, 9.17) is 5.11 Å². The number of amides is 1. The Morgan fingerprint density at radius 2 is 1.90 bits per heavy atom. The highest BCUT2D eigenvalue weighted by atomic mass is 32.2. The molecule has 1 aromatic rings.